The van der Waals surface area contributed by atoms with E-state index in [1.165, 1.54) is 7.11 Å². The Bertz CT molecular complexity index is 589. The second-order valence-electron chi connectivity index (χ2n) is 6.20. The van der Waals surface area contributed by atoms with Crippen molar-refractivity contribution in [2.75, 3.05) is 55.1 Å². The van der Waals surface area contributed by atoms with Gasteiger partial charge in [-0.05, 0) is 38.2 Å². The second kappa shape index (κ2) is 11.4. The highest BCUT2D eigenvalue weighted by Crippen LogP contribution is 2.28. The molecule has 1 aromatic rings. The van der Waals surface area contributed by atoms with Gasteiger partial charge in [0.1, 0.15) is 0 Å². The number of carbonyl (C=O) groups excluding carboxylic acids is 2. The van der Waals surface area contributed by atoms with E-state index in [9.17, 15) is 9.59 Å². The van der Waals surface area contributed by atoms with Crippen LogP contribution in [0.5, 0.6) is 11.5 Å². The Morgan fingerprint density at radius 3 is 2.19 bits per heavy atom. The number of rotatable bonds is 11. The Hall–Kier alpha value is -2.28. The first-order chi connectivity index (χ1) is 12.4. The maximum Gasteiger partial charge on any atom is 0.307 e. The van der Waals surface area contributed by atoms with Crippen molar-refractivity contribution >= 4 is 11.9 Å². The molecule has 0 unspecified atom stereocenters. The van der Waals surface area contributed by atoms with E-state index >= 15 is 0 Å². The number of nitrogens with zero attached hydrogens (tertiary/aromatic N) is 2. The summed E-state index contributed by atoms with van der Waals surface area (Å²) in [4.78, 5) is 27.7. The lowest BCUT2D eigenvalue weighted by Crippen LogP contribution is -2.38. The third-order valence-electron chi connectivity index (χ3n) is 4.06. The van der Waals surface area contributed by atoms with Crippen molar-refractivity contribution in [3.8, 4) is 11.5 Å². The van der Waals surface area contributed by atoms with Crippen LogP contribution < -0.4 is 9.47 Å². The van der Waals surface area contributed by atoms with E-state index in [-0.39, 0.29) is 18.3 Å². The van der Waals surface area contributed by atoms with Crippen LogP contribution in [0.25, 0.3) is 0 Å². The lowest BCUT2D eigenvalue weighted by Gasteiger charge is -2.24. The molecule has 0 aromatic heterocycles. The molecule has 0 bridgehead atoms. The largest absolute Gasteiger partial charge is 0.493 e. The smallest absolute Gasteiger partial charge is 0.307 e. The van der Waals surface area contributed by atoms with Crippen molar-refractivity contribution in [1.82, 2.24) is 9.80 Å². The lowest BCUT2D eigenvalue weighted by atomic mass is 10.1. The molecular formula is C19H30N2O5. The van der Waals surface area contributed by atoms with Crippen molar-refractivity contribution in [3.63, 3.8) is 0 Å². The molecule has 0 aliphatic carbocycles. The van der Waals surface area contributed by atoms with E-state index in [0.29, 0.717) is 37.4 Å². The van der Waals surface area contributed by atoms with Gasteiger partial charge in [0, 0.05) is 26.1 Å². The van der Waals surface area contributed by atoms with Crippen LogP contribution in [-0.4, -0.2) is 76.7 Å². The fraction of sp³-hybridized carbons (Fsp3) is 0.579. The molecule has 7 nitrogen and oxygen atoms in total. The van der Waals surface area contributed by atoms with Crippen LogP contribution >= 0.6 is 0 Å². The van der Waals surface area contributed by atoms with Gasteiger partial charge in [-0.25, -0.2) is 0 Å². The summed E-state index contributed by atoms with van der Waals surface area (Å²) < 4.78 is 15.2. The SMILES string of the molecule is COC(=O)CCN(CCN(C)C)C(=O)CCc1ccc(OC)c(OC)c1. The lowest BCUT2D eigenvalue weighted by molar-refractivity contribution is -0.141. The molecule has 1 rings (SSSR count). The number of hydrogen-bond donors (Lipinski definition) is 0. The first kappa shape index (κ1) is 21.8. The molecule has 0 saturated carbocycles. The van der Waals surface area contributed by atoms with Gasteiger partial charge >= 0.3 is 5.97 Å². The fourth-order valence-electron chi connectivity index (χ4n) is 2.46. The zero-order chi connectivity index (χ0) is 19.5. The third kappa shape index (κ3) is 7.31. The first-order valence-electron chi connectivity index (χ1n) is 8.61. The average Bonchev–Trinajstić information content (AvgIpc) is 2.65. The van der Waals surface area contributed by atoms with E-state index in [2.05, 4.69) is 4.74 Å². The topological polar surface area (TPSA) is 68.3 Å². The maximum absolute atomic E-state index is 12.6. The molecule has 0 spiro atoms. The number of esters is 1. The van der Waals surface area contributed by atoms with E-state index < -0.39 is 0 Å². The van der Waals surface area contributed by atoms with E-state index in [1.807, 2.05) is 37.2 Å². The maximum atomic E-state index is 12.6. The summed E-state index contributed by atoms with van der Waals surface area (Å²) in [6.07, 6.45) is 1.16. The number of carbonyl (C=O) groups is 2. The number of likely N-dealkylation sites (N-methyl/N-ethyl adjacent to an activating group) is 1. The minimum Gasteiger partial charge on any atom is -0.493 e. The summed E-state index contributed by atoms with van der Waals surface area (Å²) in [5.74, 6) is 1.01. The van der Waals surface area contributed by atoms with Gasteiger partial charge in [0.05, 0.1) is 27.8 Å². The first-order valence-corrected chi connectivity index (χ1v) is 8.61. The Labute approximate surface area is 155 Å². The standard InChI is InChI=1S/C19H30N2O5/c1-20(2)12-13-21(11-10-19(23)26-5)18(22)9-7-15-6-8-16(24-3)17(14-15)25-4/h6,8,14H,7,9-13H2,1-5H3. The summed E-state index contributed by atoms with van der Waals surface area (Å²) in [5, 5.41) is 0. The Kier molecular flexibility index (Phi) is 9.51. The predicted octanol–water partition coefficient (Wildman–Crippen LogP) is 1.59. The summed E-state index contributed by atoms with van der Waals surface area (Å²) in [7, 11) is 8.43. The van der Waals surface area contributed by atoms with E-state index in [4.69, 9.17) is 9.47 Å². The van der Waals surface area contributed by atoms with Crippen molar-refractivity contribution in [2.45, 2.75) is 19.3 Å². The van der Waals surface area contributed by atoms with Crippen molar-refractivity contribution in [2.24, 2.45) is 0 Å². The zero-order valence-electron chi connectivity index (χ0n) is 16.4. The van der Waals surface area contributed by atoms with Gasteiger partial charge in [-0.1, -0.05) is 6.07 Å². The van der Waals surface area contributed by atoms with Crippen LogP contribution in [0, 0.1) is 0 Å². The van der Waals surface area contributed by atoms with Gasteiger partial charge in [0.15, 0.2) is 11.5 Å². The average molecular weight is 366 g/mol. The molecule has 1 amide bonds. The quantitative estimate of drug-likeness (QED) is 0.554. The Morgan fingerprint density at radius 1 is 0.923 bits per heavy atom. The minimum atomic E-state index is -0.312. The summed E-state index contributed by atoms with van der Waals surface area (Å²) in [6, 6.07) is 5.64. The molecule has 0 aliphatic rings. The molecule has 0 fully saturated rings. The number of aryl methyl sites for hydroxylation is 1. The van der Waals surface area contributed by atoms with Gasteiger partial charge in [-0.3, -0.25) is 9.59 Å². The third-order valence-corrected chi connectivity index (χ3v) is 4.06. The van der Waals surface area contributed by atoms with E-state index in [1.54, 1.807) is 19.1 Å². The van der Waals surface area contributed by atoms with E-state index in [0.717, 1.165) is 12.1 Å². The highest BCUT2D eigenvalue weighted by molar-refractivity contribution is 5.77. The van der Waals surface area contributed by atoms with Crippen LogP contribution in [0.1, 0.15) is 18.4 Å². The van der Waals surface area contributed by atoms with Crippen molar-refractivity contribution in [3.05, 3.63) is 23.8 Å². The van der Waals surface area contributed by atoms with Crippen LogP contribution in [0.2, 0.25) is 0 Å². The fourth-order valence-corrected chi connectivity index (χ4v) is 2.46. The molecule has 7 heteroatoms. The number of hydrogen-bond acceptors (Lipinski definition) is 6. The van der Waals surface area contributed by atoms with Crippen LogP contribution in [-0.2, 0) is 20.7 Å². The van der Waals surface area contributed by atoms with Crippen molar-refractivity contribution in [1.29, 1.82) is 0 Å². The second-order valence-corrected chi connectivity index (χ2v) is 6.20. The van der Waals surface area contributed by atoms with Crippen LogP contribution in [0.3, 0.4) is 0 Å². The van der Waals surface area contributed by atoms with Crippen molar-refractivity contribution < 1.29 is 23.8 Å². The molecule has 0 radical (unpaired) electrons. The molecule has 0 saturated heterocycles. The van der Waals surface area contributed by atoms with Gasteiger partial charge in [-0.15, -0.1) is 0 Å². The summed E-state index contributed by atoms with van der Waals surface area (Å²) >= 11 is 0. The Balaban J connectivity index is 2.67. The number of methoxy groups -OCH3 is 3. The normalized spacial score (nSPS) is 10.5. The molecule has 0 atom stereocenters. The number of benzene rings is 1. The molecular weight excluding hydrogens is 336 g/mol. The summed E-state index contributed by atoms with van der Waals surface area (Å²) in [5.41, 5.74) is 0.997. The monoisotopic (exact) mass is 366 g/mol. The molecule has 26 heavy (non-hydrogen) atoms. The van der Waals surface area contributed by atoms with Crippen LogP contribution in [0.15, 0.2) is 18.2 Å². The number of ether oxygens (including phenoxy) is 3. The molecule has 0 heterocycles. The van der Waals surface area contributed by atoms with Crippen LogP contribution in [0.4, 0.5) is 0 Å². The molecule has 146 valence electrons. The molecule has 1 aromatic carbocycles. The highest BCUT2D eigenvalue weighted by Gasteiger charge is 2.16. The zero-order valence-corrected chi connectivity index (χ0v) is 16.4. The Morgan fingerprint density at radius 2 is 1.62 bits per heavy atom. The van der Waals surface area contributed by atoms with Gasteiger partial charge in [-0.2, -0.15) is 0 Å². The summed E-state index contributed by atoms with van der Waals surface area (Å²) in [6.45, 7) is 1.68. The van der Waals surface area contributed by atoms with Gasteiger partial charge in [0.25, 0.3) is 0 Å². The number of amides is 1. The van der Waals surface area contributed by atoms with Gasteiger partial charge < -0.3 is 24.0 Å². The predicted molar refractivity (Wildman–Crippen MR) is 99.6 cm³/mol. The highest BCUT2D eigenvalue weighted by atomic mass is 16.5. The van der Waals surface area contributed by atoms with Gasteiger partial charge in [0.2, 0.25) is 5.91 Å². The molecule has 0 aliphatic heterocycles. The molecule has 0 N–H and O–H groups in total. The minimum absolute atomic E-state index is 0.0190.